The lowest BCUT2D eigenvalue weighted by atomic mass is 10.2. The second-order valence-electron chi connectivity index (χ2n) is 6.61. The molecular formula is C18H24N2O5S. The molecule has 0 N–H and O–H groups in total. The van der Waals surface area contributed by atoms with Crippen LogP contribution in [-0.2, 0) is 20.8 Å². The highest BCUT2D eigenvalue weighted by molar-refractivity contribution is 7.20. The van der Waals surface area contributed by atoms with Crippen molar-refractivity contribution in [3.63, 3.8) is 0 Å². The normalized spacial score (nSPS) is 12.4. The van der Waals surface area contributed by atoms with Crippen molar-refractivity contribution in [2.24, 2.45) is 5.92 Å². The Kier molecular flexibility index (Phi) is 6.52. The van der Waals surface area contributed by atoms with Gasteiger partial charge >= 0.3 is 11.9 Å². The summed E-state index contributed by atoms with van der Waals surface area (Å²) in [5, 5.41) is 0.338. The van der Waals surface area contributed by atoms with Crippen LogP contribution in [0.15, 0.2) is 11.1 Å². The molecule has 2 aromatic heterocycles. The molecule has 0 spiro atoms. The van der Waals surface area contributed by atoms with Gasteiger partial charge in [-0.15, -0.1) is 11.3 Å². The fraction of sp³-hybridized carbons (Fsp3) is 0.556. The lowest BCUT2D eigenvalue weighted by molar-refractivity contribution is -0.149. The van der Waals surface area contributed by atoms with Gasteiger partial charge in [-0.05, 0) is 31.7 Å². The van der Waals surface area contributed by atoms with Crippen molar-refractivity contribution in [3.05, 3.63) is 27.1 Å². The van der Waals surface area contributed by atoms with Crippen LogP contribution in [0.5, 0.6) is 0 Å². The summed E-state index contributed by atoms with van der Waals surface area (Å²) in [4.78, 5) is 41.9. The third-order valence-electron chi connectivity index (χ3n) is 3.86. The minimum absolute atomic E-state index is 0.208. The Bertz CT molecular complexity index is 868. The fourth-order valence-corrected chi connectivity index (χ4v) is 3.29. The molecule has 0 amide bonds. The van der Waals surface area contributed by atoms with Crippen LogP contribution in [0, 0.1) is 12.8 Å². The van der Waals surface area contributed by atoms with Gasteiger partial charge in [0, 0.05) is 0 Å². The van der Waals surface area contributed by atoms with Crippen molar-refractivity contribution >= 4 is 33.5 Å². The van der Waals surface area contributed by atoms with Gasteiger partial charge in [-0.25, -0.2) is 9.78 Å². The van der Waals surface area contributed by atoms with Crippen molar-refractivity contribution in [2.75, 3.05) is 6.61 Å². The zero-order chi connectivity index (χ0) is 19.4. The molecule has 0 aliphatic heterocycles. The van der Waals surface area contributed by atoms with Crippen molar-refractivity contribution in [3.8, 4) is 0 Å². The van der Waals surface area contributed by atoms with Crippen LogP contribution in [0.25, 0.3) is 10.2 Å². The Morgan fingerprint density at radius 2 is 2.00 bits per heavy atom. The molecular weight excluding hydrogens is 356 g/mol. The summed E-state index contributed by atoms with van der Waals surface area (Å²) in [5.41, 5.74) is 0.161. The highest BCUT2D eigenvalue weighted by Crippen LogP contribution is 2.27. The molecule has 0 radical (unpaired) electrons. The molecule has 2 rings (SSSR count). The first kappa shape index (κ1) is 20.1. The number of hydrogen-bond acceptors (Lipinski definition) is 7. The maximum absolute atomic E-state index is 12.7. The van der Waals surface area contributed by atoms with E-state index < -0.39 is 11.9 Å². The summed E-state index contributed by atoms with van der Waals surface area (Å²) in [6, 6.07) is 0. The van der Waals surface area contributed by atoms with Gasteiger partial charge in [-0.1, -0.05) is 20.8 Å². The van der Waals surface area contributed by atoms with Crippen molar-refractivity contribution in [2.45, 2.75) is 53.7 Å². The maximum Gasteiger partial charge on any atom is 0.348 e. The summed E-state index contributed by atoms with van der Waals surface area (Å²) in [5.74, 6) is -0.728. The van der Waals surface area contributed by atoms with Gasteiger partial charge in [-0.2, -0.15) is 0 Å². The number of rotatable bonds is 7. The monoisotopic (exact) mass is 380 g/mol. The summed E-state index contributed by atoms with van der Waals surface area (Å²) >= 11 is 1.12. The van der Waals surface area contributed by atoms with Gasteiger partial charge in [0.2, 0.25) is 0 Å². The van der Waals surface area contributed by atoms with E-state index in [-0.39, 0.29) is 24.1 Å². The number of esters is 2. The van der Waals surface area contributed by atoms with Crippen LogP contribution in [-0.4, -0.2) is 34.2 Å². The van der Waals surface area contributed by atoms with E-state index in [9.17, 15) is 14.4 Å². The minimum Gasteiger partial charge on any atom is -0.461 e. The predicted molar refractivity (Wildman–Crippen MR) is 99.6 cm³/mol. The molecule has 0 aromatic carbocycles. The molecule has 0 aliphatic rings. The average Bonchev–Trinajstić information content (AvgIpc) is 2.92. The molecule has 2 heterocycles. The standard InChI is InChI=1S/C18H24N2O5S/c1-6-11(4)25-13(21)7-20-9-19-16-14(17(20)22)12(5)15(26-16)18(23)24-8-10(2)3/h9-11H,6-8H2,1-5H3/t11-/m0/s1. The van der Waals surface area contributed by atoms with Gasteiger partial charge in [0.05, 0.1) is 24.4 Å². The van der Waals surface area contributed by atoms with Crippen molar-refractivity contribution < 1.29 is 19.1 Å². The van der Waals surface area contributed by atoms with Crippen LogP contribution in [0.2, 0.25) is 0 Å². The number of fused-ring (bicyclic) bond motifs is 1. The number of nitrogens with zero attached hydrogens (tertiary/aromatic N) is 2. The molecule has 26 heavy (non-hydrogen) atoms. The van der Waals surface area contributed by atoms with Crippen LogP contribution in [0.1, 0.15) is 49.4 Å². The largest absolute Gasteiger partial charge is 0.461 e. The second kappa shape index (κ2) is 8.44. The van der Waals surface area contributed by atoms with Crippen LogP contribution >= 0.6 is 11.3 Å². The quantitative estimate of drug-likeness (QED) is 0.687. The first-order chi connectivity index (χ1) is 12.2. The molecule has 0 saturated carbocycles. The average molecular weight is 380 g/mol. The highest BCUT2D eigenvalue weighted by Gasteiger charge is 2.21. The van der Waals surface area contributed by atoms with E-state index >= 15 is 0 Å². The molecule has 2 aromatic rings. The topological polar surface area (TPSA) is 87.5 Å². The summed E-state index contributed by atoms with van der Waals surface area (Å²) < 4.78 is 11.7. The maximum atomic E-state index is 12.7. The smallest absolute Gasteiger partial charge is 0.348 e. The van der Waals surface area contributed by atoms with E-state index in [2.05, 4.69) is 4.98 Å². The molecule has 7 nitrogen and oxygen atoms in total. The summed E-state index contributed by atoms with van der Waals surface area (Å²) in [6.07, 6.45) is 1.80. The van der Waals surface area contributed by atoms with E-state index in [1.54, 1.807) is 13.8 Å². The Hall–Kier alpha value is -2.22. The SMILES string of the molecule is CC[C@H](C)OC(=O)Cn1cnc2sc(C(=O)OCC(C)C)c(C)c2c1=O. The third-order valence-corrected chi connectivity index (χ3v) is 5.04. The van der Waals surface area contributed by atoms with Crippen LogP contribution in [0.4, 0.5) is 0 Å². The lowest BCUT2D eigenvalue weighted by Crippen LogP contribution is -2.27. The van der Waals surface area contributed by atoms with Crippen molar-refractivity contribution in [1.29, 1.82) is 0 Å². The van der Waals surface area contributed by atoms with Gasteiger partial charge in [0.1, 0.15) is 16.3 Å². The summed E-state index contributed by atoms with van der Waals surface area (Å²) in [6.45, 7) is 9.38. The highest BCUT2D eigenvalue weighted by atomic mass is 32.1. The molecule has 0 saturated heterocycles. The summed E-state index contributed by atoms with van der Waals surface area (Å²) in [7, 11) is 0. The second-order valence-corrected chi connectivity index (χ2v) is 7.61. The van der Waals surface area contributed by atoms with Crippen LogP contribution in [0.3, 0.4) is 0 Å². The van der Waals surface area contributed by atoms with Gasteiger partial charge < -0.3 is 9.47 Å². The molecule has 8 heteroatoms. The minimum atomic E-state index is -0.493. The first-order valence-corrected chi connectivity index (χ1v) is 9.41. The van der Waals surface area contributed by atoms with Gasteiger partial charge in [0.25, 0.3) is 5.56 Å². The van der Waals surface area contributed by atoms with Crippen LogP contribution < -0.4 is 5.56 Å². The zero-order valence-corrected chi connectivity index (χ0v) is 16.5. The third kappa shape index (κ3) is 4.49. The van der Waals surface area contributed by atoms with Gasteiger partial charge in [-0.3, -0.25) is 14.2 Å². The van der Waals surface area contributed by atoms with E-state index in [0.717, 1.165) is 11.3 Å². The van der Waals surface area contributed by atoms with E-state index in [4.69, 9.17) is 9.47 Å². The lowest BCUT2D eigenvalue weighted by Gasteiger charge is -2.11. The molecule has 1 atom stereocenters. The number of carbonyl (C=O) groups excluding carboxylic acids is 2. The van der Waals surface area contributed by atoms with E-state index in [0.29, 0.717) is 33.7 Å². The number of thiophene rings is 1. The molecule has 142 valence electrons. The predicted octanol–water partition coefficient (Wildman–Crippen LogP) is 2.92. The number of ether oxygens (including phenoxy) is 2. The van der Waals surface area contributed by atoms with Gasteiger partial charge in [0.15, 0.2) is 0 Å². The zero-order valence-electron chi connectivity index (χ0n) is 15.7. The Labute approximate surface area is 155 Å². The Morgan fingerprint density at radius 1 is 1.31 bits per heavy atom. The Balaban J connectivity index is 2.31. The molecule has 0 aliphatic carbocycles. The van der Waals surface area contributed by atoms with E-state index in [1.807, 2.05) is 20.8 Å². The van der Waals surface area contributed by atoms with E-state index in [1.165, 1.54) is 10.9 Å². The number of carbonyl (C=O) groups is 2. The fourth-order valence-electron chi connectivity index (χ4n) is 2.26. The number of aryl methyl sites for hydroxylation is 1. The van der Waals surface area contributed by atoms with Crippen molar-refractivity contribution in [1.82, 2.24) is 9.55 Å². The molecule has 0 unspecified atom stereocenters. The Morgan fingerprint density at radius 3 is 2.62 bits per heavy atom. The first-order valence-electron chi connectivity index (χ1n) is 8.59. The number of hydrogen-bond donors (Lipinski definition) is 0. The molecule has 0 bridgehead atoms. The number of aromatic nitrogens is 2. The molecule has 0 fully saturated rings.